The fraction of sp³-hybridized carbons (Fsp3) is 0.471. The van der Waals surface area contributed by atoms with Crippen LogP contribution in [0.1, 0.15) is 54.9 Å². The topological polar surface area (TPSA) is 92.3 Å². The van der Waals surface area contributed by atoms with Crippen LogP contribution in [0.15, 0.2) is 28.5 Å². The molecule has 7 nitrogen and oxygen atoms in total. The third-order valence-corrected chi connectivity index (χ3v) is 6.33. The normalized spacial score (nSPS) is 15.3. The van der Waals surface area contributed by atoms with Crippen molar-refractivity contribution in [2.75, 3.05) is 17.8 Å². The Labute approximate surface area is 157 Å². The Morgan fingerprint density at radius 1 is 1.23 bits per heavy atom. The number of piperidine rings is 1. The van der Waals surface area contributed by atoms with Crippen LogP contribution in [0.4, 0.5) is 5.82 Å². The highest BCUT2D eigenvalue weighted by atomic mass is 32.2. The van der Waals surface area contributed by atoms with E-state index in [4.69, 9.17) is 0 Å². The number of carbonyl (C=O) groups is 1. The van der Waals surface area contributed by atoms with Gasteiger partial charge < -0.3 is 4.90 Å². The number of amides is 1. The van der Waals surface area contributed by atoms with Crippen molar-refractivity contribution in [3.63, 3.8) is 0 Å². The maximum Gasteiger partial charge on any atom is 0.263 e. The first kappa shape index (κ1) is 18.8. The van der Waals surface area contributed by atoms with E-state index >= 15 is 0 Å². The lowest BCUT2D eigenvalue weighted by Gasteiger charge is -2.27. The largest absolute Gasteiger partial charge is 0.339 e. The second kappa shape index (κ2) is 7.71. The van der Waals surface area contributed by atoms with E-state index in [0.717, 1.165) is 36.4 Å². The van der Waals surface area contributed by atoms with Crippen LogP contribution < -0.4 is 4.72 Å². The number of aromatic nitrogens is 2. The van der Waals surface area contributed by atoms with Gasteiger partial charge >= 0.3 is 0 Å². The molecular weight excluding hydrogens is 372 g/mol. The number of nitrogens with zero attached hydrogens (tertiary/aromatic N) is 3. The van der Waals surface area contributed by atoms with E-state index < -0.39 is 10.0 Å². The van der Waals surface area contributed by atoms with Crippen LogP contribution in [0.2, 0.25) is 0 Å². The molecule has 0 spiro atoms. The molecule has 26 heavy (non-hydrogen) atoms. The van der Waals surface area contributed by atoms with Gasteiger partial charge in [0.05, 0.1) is 10.9 Å². The maximum absolute atomic E-state index is 13.0. The second-order valence-corrected chi connectivity index (χ2v) is 8.92. The molecule has 2 aromatic rings. The number of likely N-dealkylation sites (tertiary alicyclic amines) is 1. The maximum atomic E-state index is 13.0. The SMILES string of the molecule is CC(C)c1ccc(C(=O)N2CCCCC2)c(S(=O)(=O)Nc2csnn2)c1. The van der Waals surface area contributed by atoms with Gasteiger partial charge in [0.15, 0.2) is 5.82 Å². The van der Waals surface area contributed by atoms with Gasteiger partial charge in [-0.25, -0.2) is 8.42 Å². The van der Waals surface area contributed by atoms with E-state index in [1.54, 1.807) is 17.0 Å². The van der Waals surface area contributed by atoms with Gasteiger partial charge in [0.25, 0.3) is 15.9 Å². The summed E-state index contributed by atoms with van der Waals surface area (Å²) >= 11 is 1.05. The Balaban J connectivity index is 2.02. The Kier molecular flexibility index (Phi) is 5.57. The van der Waals surface area contributed by atoms with E-state index in [2.05, 4.69) is 14.3 Å². The highest BCUT2D eigenvalue weighted by Crippen LogP contribution is 2.26. The quantitative estimate of drug-likeness (QED) is 0.841. The van der Waals surface area contributed by atoms with Crippen LogP contribution >= 0.6 is 11.5 Å². The van der Waals surface area contributed by atoms with Gasteiger partial charge in [0, 0.05) is 13.1 Å². The molecule has 0 radical (unpaired) electrons. The van der Waals surface area contributed by atoms with Crippen molar-refractivity contribution in [1.82, 2.24) is 14.5 Å². The average Bonchev–Trinajstić information content (AvgIpc) is 3.13. The van der Waals surface area contributed by atoms with Crippen molar-refractivity contribution in [2.24, 2.45) is 0 Å². The summed E-state index contributed by atoms with van der Waals surface area (Å²) in [5.74, 6) is 0.0575. The Hall–Kier alpha value is -2.00. The highest BCUT2D eigenvalue weighted by molar-refractivity contribution is 7.92. The fourth-order valence-electron chi connectivity index (χ4n) is 2.97. The zero-order valence-corrected chi connectivity index (χ0v) is 16.4. The number of hydrogen-bond acceptors (Lipinski definition) is 6. The molecule has 0 saturated carbocycles. The lowest BCUT2D eigenvalue weighted by Crippen LogP contribution is -2.36. The molecule has 1 aliphatic rings. The van der Waals surface area contributed by atoms with E-state index in [1.165, 1.54) is 5.38 Å². The van der Waals surface area contributed by atoms with Crippen molar-refractivity contribution >= 4 is 33.3 Å². The van der Waals surface area contributed by atoms with Crippen molar-refractivity contribution in [1.29, 1.82) is 0 Å². The van der Waals surface area contributed by atoms with Crippen LogP contribution in [0.25, 0.3) is 0 Å². The van der Waals surface area contributed by atoms with Gasteiger partial charge in [-0.1, -0.05) is 24.4 Å². The molecule has 0 unspecified atom stereocenters. The summed E-state index contributed by atoms with van der Waals surface area (Å²) in [6.45, 7) is 5.28. The molecular formula is C17H22N4O3S2. The summed E-state index contributed by atoms with van der Waals surface area (Å²) in [6, 6.07) is 5.04. The third-order valence-electron chi connectivity index (χ3n) is 4.43. The number of anilines is 1. The first-order valence-corrected chi connectivity index (χ1v) is 10.9. The minimum Gasteiger partial charge on any atom is -0.339 e. The zero-order valence-electron chi connectivity index (χ0n) is 14.8. The van der Waals surface area contributed by atoms with Gasteiger partial charge in [0.2, 0.25) is 0 Å². The molecule has 1 fully saturated rings. The van der Waals surface area contributed by atoms with Crippen molar-refractivity contribution in [2.45, 2.75) is 43.9 Å². The first-order valence-electron chi connectivity index (χ1n) is 8.61. The molecule has 1 aromatic heterocycles. The summed E-state index contributed by atoms with van der Waals surface area (Å²) in [7, 11) is -3.95. The van der Waals surface area contributed by atoms with Crippen LogP contribution in [-0.4, -0.2) is 41.9 Å². The fourth-order valence-corrected chi connectivity index (χ4v) is 4.65. The molecule has 3 rings (SSSR count). The molecule has 9 heteroatoms. The molecule has 1 N–H and O–H groups in total. The first-order chi connectivity index (χ1) is 12.4. The lowest BCUT2D eigenvalue weighted by molar-refractivity contribution is 0.0720. The van der Waals surface area contributed by atoms with Crippen LogP contribution in [0, 0.1) is 0 Å². The molecule has 1 aromatic carbocycles. The standard InChI is InChI=1S/C17H22N4O3S2/c1-12(2)13-6-7-14(17(22)21-8-4-3-5-9-21)15(10-13)26(23,24)19-16-11-25-20-18-16/h6-7,10-12,19H,3-5,8-9H2,1-2H3. The van der Waals surface area contributed by atoms with Gasteiger partial charge in [-0.3, -0.25) is 9.52 Å². The van der Waals surface area contributed by atoms with Crippen molar-refractivity contribution in [3.05, 3.63) is 34.7 Å². The molecule has 140 valence electrons. The molecule has 1 amide bonds. The third kappa shape index (κ3) is 4.04. The number of carbonyl (C=O) groups excluding carboxylic acids is 1. The van der Waals surface area contributed by atoms with E-state index in [9.17, 15) is 13.2 Å². The molecule has 2 heterocycles. The molecule has 1 saturated heterocycles. The second-order valence-electron chi connectivity index (χ2n) is 6.66. The van der Waals surface area contributed by atoms with Gasteiger partial charge in [-0.2, -0.15) is 0 Å². The minimum atomic E-state index is -3.95. The molecule has 0 bridgehead atoms. The summed E-state index contributed by atoms with van der Waals surface area (Å²) < 4.78 is 32.0. The summed E-state index contributed by atoms with van der Waals surface area (Å²) in [5.41, 5.74) is 1.06. The van der Waals surface area contributed by atoms with Gasteiger partial charge in [0.1, 0.15) is 4.90 Å². The van der Waals surface area contributed by atoms with E-state index in [1.807, 2.05) is 19.9 Å². The Bertz CT molecular complexity index is 873. The highest BCUT2D eigenvalue weighted by Gasteiger charge is 2.27. The predicted molar refractivity (Wildman–Crippen MR) is 101 cm³/mol. The molecule has 0 atom stereocenters. The van der Waals surface area contributed by atoms with Gasteiger partial charge in [-0.05, 0) is 54.4 Å². The number of nitrogens with one attached hydrogen (secondary N) is 1. The average molecular weight is 395 g/mol. The number of benzene rings is 1. The van der Waals surface area contributed by atoms with Crippen LogP contribution in [0.3, 0.4) is 0 Å². The van der Waals surface area contributed by atoms with Crippen LogP contribution in [-0.2, 0) is 10.0 Å². The smallest absolute Gasteiger partial charge is 0.263 e. The van der Waals surface area contributed by atoms with E-state index in [0.29, 0.717) is 13.1 Å². The Morgan fingerprint density at radius 2 is 1.96 bits per heavy atom. The van der Waals surface area contributed by atoms with Crippen LogP contribution in [0.5, 0.6) is 0 Å². The summed E-state index contributed by atoms with van der Waals surface area (Å²) in [6.07, 6.45) is 2.99. The number of hydrogen-bond donors (Lipinski definition) is 1. The summed E-state index contributed by atoms with van der Waals surface area (Å²) in [5, 5.41) is 5.24. The number of rotatable bonds is 5. The number of sulfonamides is 1. The zero-order chi connectivity index (χ0) is 18.7. The van der Waals surface area contributed by atoms with E-state index in [-0.39, 0.29) is 28.1 Å². The lowest BCUT2D eigenvalue weighted by atomic mass is 10.0. The Morgan fingerprint density at radius 3 is 2.58 bits per heavy atom. The van der Waals surface area contributed by atoms with Gasteiger partial charge in [-0.15, -0.1) is 5.10 Å². The predicted octanol–water partition coefficient (Wildman–Crippen LogP) is 3.09. The summed E-state index contributed by atoms with van der Waals surface area (Å²) in [4.78, 5) is 14.7. The minimum absolute atomic E-state index is 0.00715. The molecule has 1 aliphatic heterocycles. The van der Waals surface area contributed by atoms with Crippen molar-refractivity contribution < 1.29 is 13.2 Å². The van der Waals surface area contributed by atoms with Crippen molar-refractivity contribution in [3.8, 4) is 0 Å². The monoisotopic (exact) mass is 394 g/mol. The molecule has 0 aliphatic carbocycles.